The standard InChI is InChI=1S/C19H14N4O2/c24-16-9-2-1-7-14(16)21-22-19-13(6-5-10-17(19)25)18-15-8-3-4-11-23(15)12-20-18/h1-12,24-25H. The summed E-state index contributed by atoms with van der Waals surface area (Å²) in [5.74, 6) is 0.0180. The molecule has 6 nitrogen and oxygen atoms in total. The van der Waals surface area contributed by atoms with Gasteiger partial charge in [0.15, 0.2) is 0 Å². The first-order chi connectivity index (χ1) is 12.2. The van der Waals surface area contributed by atoms with Gasteiger partial charge < -0.3 is 14.6 Å². The molecule has 122 valence electrons. The second-order valence-electron chi connectivity index (χ2n) is 5.45. The Labute approximate surface area is 143 Å². The van der Waals surface area contributed by atoms with Gasteiger partial charge in [0.1, 0.15) is 22.9 Å². The highest BCUT2D eigenvalue weighted by atomic mass is 16.3. The van der Waals surface area contributed by atoms with Crippen LogP contribution in [0.1, 0.15) is 0 Å². The van der Waals surface area contributed by atoms with Gasteiger partial charge in [0.05, 0.1) is 17.5 Å². The van der Waals surface area contributed by atoms with Crippen LogP contribution < -0.4 is 0 Å². The number of aromatic hydroxyl groups is 2. The van der Waals surface area contributed by atoms with Gasteiger partial charge in [-0.25, -0.2) is 4.98 Å². The van der Waals surface area contributed by atoms with Gasteiger partial charge in [-0.1, -0.05) is 30.3 Å². The molecule has 0 saturated heterocycles. The normalized spacial score (nSPS) is 11.4. The minimum atomic E-state index is -0.00579. The van der Waals surface area contributed by atoms with E-state index in [1.165, 1.54) is 6.07 Å². The average molecular weight is 330 g/mol. The molecule has 2 aromatic heterocycles. The lowest BCUT2D eigenvalue weighted by atomic mass is 10.1. The summed E-state index contributed by atoms with van der Waals surface area (Å²) in [7, 11) is 0. The molecular weight excluding hydrogens is 316 g/mol. The van der Waals surface area contributed by atoms with Crippen molar-refractivity contribution in [2.45, 2.75) is 0 Å². The van der Waals surface area contributed by atoms with Gasteiger partial charge in [-0.2, -0.15) is 0 Å². The summed E-state index contributed by atoms with van der Waals surface area (Å²) in [5, 5.41) is 28.3. The zero-order chi connectivity index (χ0) is 17.2. The third-order valence-corrected chi connectivity index (χ3v) is 3.85. The second-order valence-corrected chi connectivity index (χ2v) is 5.45. The molecule has 0 aliphatic carbocycles. The number of pyridine rings is 1. The molecule has 0 saturated carbocycles. The van der Waals surface area contributed by atoms with E-state index in [4.69, 9.17) is 0 Å². The molecule has 4 aromatic rings. The quantitative estimate of drug-likeness (QED) is 0.528. The van der Waals surface area contributed by atoms with Crippen LogP contribution in [-0.2, 0) is 0 Å². The number of rotatable bonds is 3. The maximum Gasteiger partial charge on any atom is 0.143 e. The fraction of sp³-hybridized carbons (Fsp3) is 0. The van der Waals surface area contributed by atoms with Crippen LogP contribution >= 0.6 is 0 Å². The van der Waals surface area contributed by atoms with E-state index in [0.717, 1.165) is 5.52 Å². The van der Waals surface area contributed by atoms with Gasteiger partial charge >= 0.3 is 0 Å². The van der Waals surface area contributed by atoms with Crippen LogP contribution in [0.3, 0.4) is 0 Å². The molecule has 0 amide bonds. The number of hydrogen-bond acceptors (Lipinski definition) is 5. The van der Waals surface area contributed by atoms with Crippen molar-refractivity contribution < 1.29 is 10.2 Å². The molecule has 0 fully saturated rings. The molecule has 0 aliphatic heterocycles. The van der Waals surface area contributed by atoms with Crippen LogP contribution in [0.25, 0.3) is 16.8 Å². The summed E-state index contributed by atoms with van der Waals surface area (Å²) < 4.78 is 1.89. The molecule has 2 N–H and O–H groups in total. The molecule has 0 radical (unpaired) electrons. The molecule has 25 heavy (non-hydrogen) atoms. The lowest BCUT2D eigenvalue weighted by Gasteiger charge is -2.05. The number of phenolic OH excluding ortho intramolecular Hbond substituents is 2. The summed E-state index contributed by atoms with van der Waals surface area (Å²) in [6.45, 7) is 0. The van der Waals surface area contributed by atoms with Gasteiger partial charge in [0.25, 0.3) is 0 Å². The van der Waals surface area contributed by atoms with Gasteiger partial charge in [-0.05, 0) is 30.3 Å². The second kappa shape index (κ2) is 6.09. The highest BCUT2D eigenvalue weighted by molar-refractivity contribution is 5.86. The number of hydrogen-bond donors (Lipinski definition) is 2. The number of fused-ring (bicyclic) bond motifs is 1. The minimum Gasteiger partial charge on any atom is -0.506 e. The van der Waals surface area contributed by atoms with Crippen molar-refractivity contribution in [3.8, 4) is 22.8 Å². The Balaban J connectivity index is 1.85. The smallest absolute Gasteiger partial charge is 0.143 e. The Kier molecular flexibility index (Phi) is 3.63. The lowest BCUT2D eigenvalue weighted by molar-refractivity contribution is 0.474. The maximum atomic E-state index is 10.3. The Bertz CT molecular complexity index is 1090. The topological polar surface area (TPSA) is 82.5 Å². The summed E-state index contributed by atoms with van der Waals surface area (Å²) in [6.07, 6.45) is 3.61. The molecular formula is C19H14N4O2. The zero-order valence-corrected chi connectivity index (χ0v) is 13.1. The maximum absolute atomic E-state index is 10.3. The molecule has 0 atom stereocenters. The monoisotopic (exact) mass is 330 g/mol. The minimum absolute atomic E-state index is 0.00579. The summed E-state index contributed by atoms with van der Waals surface area (Å²) in [6, 6.07) is 17.5. The van der Waals surface area contributed by atoms with Crippen LogP contribution in [0.5, 0.6) is 11.5 Å². The van der Waals surface area contributed by atoms with Crippen molar-refractivity contribution >= 4 is 16.9 Å². The molecule has 4 rings (SSSR count). The van der Waals surface area contributed by atoms with Gasteiger partial charge in [-0.3, -0.25) is 0 Å². The number of phenols is 2. The van der Waals surface area contributed by atoms with Crippen LogP contribution in [0.2, 0.25) is 0 Å². The van der Waals surface area contributed by atoms with Crippen molar-refractivity contribution in [3.05, 3.63) is 73.2 Å². The van der Waals surface area contributed by atoms with E-state index in [2.05, 4.69) is 15.2 Å². The lowest BCUT2D eigenvalue weighted by Crippen LogP contribution is -1.83. The molecule has 2 aromatic carbocycles. The number of imidazole rings is 1. The molecule has 0 bridgehead atoms. The van der Waals surface area contributed by atoms with Crippen molar-refractivity contribution in [2.24, 2.45) is 10.2 Å². The van der Waals surface area contributed by atoms with E-state index in [1.54, 1.807) is 36.7 Å². The first kappa shape index (κ1) is 14.9. The molecule has 0 unspecified atom stereocenters. The van der Waals surface area contributed by atoms with Gasteiger partial charge in [-0.15, -0.1) is 10.2 Å². The molecule has 0 aliphatic rings. The third-order valence-electron chi connectivity index (χ3n) is 3.85. The van der Waals surface area contributed by atoms with Crippen LogP contribution in [-0.4, -0.2) is 19.6 Å². The van der Waals surface area contributed by atoms with E-state index in [9.17, 15) is 10.2 Å². The summed E-state index contributed by atoms with van der Waals surface area (Å²) >= 11 is 0. The van der Waals surface area contributed by atoms with Crippen molar-refractivity contribution in [1.29, 1.82) is 0 Å². The fourth-order valence-corrected chi connectivity index (χ4v) is 2.63. The molecule has 6 heteroatoms. The average Bonchev–Trinajstić information content (AvgIpc) is 3.06. The van der Waals surface area contributed by atoms with E-state index >= 15 is 0 Å². The van der Waals surface area contributed by atoms with Crippen LogP contribution in [0, 0.1) is 0 Å². The Morgan fingerprint density at radius 3 is 2.48 bits per heavy atom. The number of benzene rings is 2. The number of azo groups is 1. The Morgan fingerprint density at radius 1 is 0.800 bits per heavy atom. The SMILES string of the molecule is Oc1ccccc1N=Nc1c(O)cccc1-c1ncn2ccccc12. The summed E-state index contributed by atoms with van der Waals surface area (Å²) in [4.78, 5) is 4.44. The van der Waals surface area contributed by atoms with Crippen LogP contribution in [0.4, 0.5) is 11.4 Å². The zero-order valence-electron chi connectivity index (χ0n) is 13.1. The van der Waals surface area contributed by atoms with E-state index in [0.29, 0.717) is 22.6 Å². The summed E-state index contributed by atoms with van der Waals surface area (Å²) in [5.41, 5.74) is 2.88. The molecule has 0 spiro atoms. The van der Waals surface area contributed by atoms with Gasteiger partial charge in [0, 0.05) is 11.8 Å². The highest BCUT2D eigenvalue weighted by Gasteiger charge is 2.14. The Hall–Kier alpha value is -3.67. The fourth-order valence-electron chi connectivity index (χ4n) is 2.63. The first-order valence-electron chi connectivity index (χ1n) is 7.68. The van der Waals surface area contributed by atoms with Crippen molar-refractivity contribution in [3.63, 3.8) is 0 Å². The van der Waals surface area contributed by atoms with E-state index in [-0.39, 0.29) is 11.5 Å². The third kappa shape index (κ3) is 2.70. The van der Waals surface area contributed by atoms with Crippen molar-refractivity contribution in [1.82, 2.24) is 9.38 Å². The van der Waals surface area contributed by atoms with E-state index in [1.807, 2.05) is 34.9 Å². The van der Waals surface area contributed by atoms with Gasteiger partial charge in [0.2, 0.25) is 0 Å². The van der Waals surface area contributed by atoms with E-state index < -0.39 is 0 Å². The Morgan fingerprint density at radius 2 is 1.60 bits per heavy atom. The molecule has 2 heterocycles. The number of para-hydroxylation sites is 1. The first-order valence-corrected chi connectivity index (χ1v) is 7.68. The number of nitrogens with zero attached hydrogens (tertiary/aromatic N) is 4. The largest absolute Gasteiger partial charge is 0.506 e. The van der Waals surface area contributed by atoms with Crippen LogP contribution in [0.15, 0.2) is 83.4 Å². The van der Waals surface area contributed by atoms with Crippen molar-refractivity contribution in [2.75, 3.05) is 0 Å². The highest BCUT2D eigenvalue weighted by Crippen LogP contribution is 2.40. The predicted octanol–water partition coefficient (Wildman–Crippen LogP) is 4.83. The predicted molar refractivity (Wildman–Crippen MR) is 94.6 cm³/mol. The number of aromatic nitrogens is 2.